The van der Waals surface area contributed by atoms with E-state index in [9.17, 15) is 4.79 Å². The normalized spacial score (nSPS) is 11.8. The van der Waals surface area contributed by atoms with Crippen molar-refractivity contribution in [1.29, 1.82) is 0 Å². The van der Waals surface area contributed by atoms with E-state index in [0.29, 0.717) is 32.6 Å². The van der Waals surface area contributed by atoms with E-state index >= 15 is 0 Å². The first-order valence-electron chi connectivity index (χ1n) is 8.41. The summed E-state index contributed by atoms with van der Waals surface area (Å²) in [5, 5.41) is 4.37. The Hall–Kier alpha value is -3.39. The molecule has 142 valence electrons. The molecule has 4 rings (SSSR count). The number of hydrogen-bond acceptors (Lipinski definition) is 7. The Kier molecular flexibility index (Phi) is 4.70. The van der Waals surface area contributed by atoms with Crippen LogP contribution in [0.5, 0.6) is 17.2 Å². The number of methoxy groups -OCH3 is 3. The van der Waals surface area contributed by atoms with Gasteiger partial charge in [-0.1, -0.05) is 29.5 Å². The van der Waals surface area contributed by atoms with Crippen molar-refractivity contribution < 1.29 is 14.2 Å². The Morgan fingerprint density at radius 3 is 2.43 bits per heavy atom. The van der Waals surface area contributed by atoms with Crippen molar-refractivity contribution >= 4 is 22.4 Å². The van der Waals surface area contributed by atoms with Crippen molar-refractivity contribution in [3.63, 3.8) is 0 Å². The van der Waals surface area contributed by atoms with Gasteiger partial charge in [-0.25, -0.2) is 0 Å². The van der Waals surface area contributed by atoms with Crippen molar-refractivity contribution in [2.45, 2.75) is 0 Å². The Labute approximate surface area is 164 Å². The Morgan fingerprint density at radius 1 is 0.964 bits per heavy atom. The molecule has 0 saturated carbocycles. The van der Waals surface area contributed by atoms with Gasteiger partial charge in [0.15, 0.2) is 17.3 Å². The van der Waals surface area contributed by atoms with Gasteiger partial charge in [-0.15, -0.1) is 5.10 Å². The Balaban J connectivity index is 1.79. The van der Waals surface area contributed by atoms with Gasteiger partial charge in [0, 0.05) is 11.1 Å². The van der Waals surface area contributed by atoms with Crippen molar-refractivity contribution in [2.24, 2.45) is 0 Å². The van der Waals surface area contributed by atoms with Crippen LogP contribution >= 0.6 is 11.3 Å². The highest BCUT2D eigenvalue weighted by Crippen LogP contribution is 2.31. The van der Waals surface area contributed by atoms with Gasteiger partial charge >= 0.3 is 0 Å². The highest BCUT2D eigenvalue weighted by Gasteiger charge is 2.14. The van der Waals surface area contributed by atoms with Gasteiger partial charge in [0.25, 0.3) is 5.56 Å². The maximum absolute atomic E-state index is 12.8. The molecule has 2 aromatic carbocycles. The second-order valence-corrected chi connectivity index (χ2v) is 6.87. The van der Waals surface area contributed by atoms with Crippen LogP contribution in [0.4, 0.5) is 0 Å². The molecule has 2 heterocycles. The molecular weight excluding hydrogens is 378 g/mol. The van der Waals surface area contributed by atoms with Gasteiger partial charge in [0.1, 0.15) is 5.75 Å². The lowest BCUT2D eigenvalue weighted by atomic mass is 10.2. The summed E-state index contributed by atoms with van der Waals surface area (Å²) in [6, 6.07) is 12.9. The maximum atomic E-state index is 12.8. The summed E-state index contributed by atoms with van der Waals surface area (Å²) in [6.07, 6.45) is 1.79. The molecule has 0 saturated heterocycles. The van der Waals surface area contributed by atoms with Crippen molar-refractivity contribution in [1.82, 2.24) is 14.6 Å². The van der Waals surface area contributed by atoms with Crippen LogP contribution in [-0.4, -0.2) is 35.9 Å². The molecule has 0 radical (unpaired) electrons. The first-order chi connectivity index (χ1) is 13.6. The first-order valence-corrected chi connectivity index (χ1v) is 9.23. The van der Waals surface area contributed by atoms with E-state index in [0.717, 1.165) is 11.1 Å². The number of nitrogens with zero attached hydrogens (tertiary/aromatic N) is 3. The number of rotatable bonds is 5. The van der Waals surface area contributed by atoms with Crippen LogP contribution in [0.1, 0.15) is 5.56 Å². The second kappa shape index (κ2) is 7.32. The zero-order chi connectivity index (χ0) is 19.7. The molecule has 0 aliphatic rings. The standard InChI is InChI=1S/C20H17N3O4S/c1-25-14-7-5-4-6-12(14)11-17-19(24)23-20(28-17)21-18(22-23)13-8-9-15(26-2)16(10-13)27-3/h4-11H,1-3H3/b17-11+. The van der Waals surface area contributed by atoms with E-state index in [2.05, 4.69) is 10.1 Å². The topological polar surface area (TPSA) is 74.9 Å². The number of fused-ring (bicyclic) bond motifs is 1. The van der Waals surface area contributed by atoms with Crippen LogP contribution < -0.4 is 24.3 Å². The minimum absolute atomic E-state index is 0.217. The Morgan fingerprint density at radius 2 is 1.71 bits per heavy atom. The van der Waals surface area contributed by atoms with Crippen LogP contribution in [-0.2, 0) is 0 Å². The number of benzene rings is 2. The molecule has 0 fully saturated rings. The first kappa shape index (κ1) is 18.0. The molecule has 0 bridgehead atoms. The molecule has 0 spiro atoms. The quantitative estimate of drug-likeness (QED) is 0.517. The van der Waals surface area contributed by atoms with E-state index in [-0.39, 0.29) is 5.56 Å². The lowest BCUT2D eigenvalue weighted by Gasteiger charge is -2.07. The Bertz CT molecular complexity index is 1260. The number of ether oxygens (including phenoxy) is 3. The number of hydrogen-bond donors (Lipinski definition) is 0. The predicted octanol–water partition coefficient (Wildman–Crippen LogP) is 2.39. The third kappa shape index (κ3) is 3.07. The molecule has 2 aromatic heterocycles. The van der Waals surface area contributed by atoms with E-state index in [1.54, 1.807) is 39.5 Å². The van der Waals surface area contributed by atoms with E-state index in [1.807, 2.05) is 30.3 Å². The average molecular weight is 395 g/mol. The van der Waals surface area contributed by atoms with Crippen molar-refractivity contribution in [3.05, 3.63) is 62.9 Å². The van der Waals surface area contributed by atoms with E-state index < -0.39 is 0 Å². The second-order valence-electron chi connectivity index (χ2n) is 5.86. The van der Waals surface area contributed by atoms with Gasteiger partial charge < -0.3 is 14.2 Å². The number of aromatic nitrogens is 3. The van der Waals surface area contributed by atoms with Crippen LogP contribution in [0.2, 0.25) is 0 Å². The van der Waals surface area contributed by atoms with Crippen LogP contribution in [0.3, 0.4) is 0 Å². The van der Waals surface area contributed by atoms with E-state index in [1.165, 1.54) is 15.9 Å². The minimum atomic E-state index is -0.217. The summed E-state index contributed by atoms with van der Waals surface area (Å²) in [5.41, 5.74) is 1.35. The zero-order valence-corrected chi connectivity index (χ0v) is 16.3. The van der Waals surface area contributed by atoms with Gasteiger partial charge in [0.2, 0.25) is 4.96 Å². The zero-order valence-electron chi connectivity index (χ0n) is 15.5. The van der Waals surface area contributed by atoms with Crippen molar-refractivity contribution in [3.8, 4) is 28.6 Å². The fraction of sp³-hybridized carbons (Fsp3) is 0.150. The molecular formula is C20H17N3O4S. The summed E-state index contributed by atoms with van der Waals surface area (Å²) in [6.45, 7) is 0. The molecule has 8 heteroatoms. The summed E-state index contributed by atoms with van der Waals surface area (Å²) in [5.74, 6) is 2.34. The molecule has 7 nitrogen and oxygen atoms in total. The molecule has 0 aliphatic carbocycles. The summed E-state index contributed by atoms with van der Waals surface area (Å²) < 4.78 is 17.8. The fourth-order valence-electron chi connectivity index (χ4n) is 2.86. The van der Waals surface area contributed by atoms with E-state index in [4.69, 9.17) is 14.2 Å². The molecule has 0 N–H and O–H groups in total. The predicted molar refractivity (Wildman–Crippen MR) is 107 cm³/mol. The van der Waals surface area contributed by atoms with Crippen LogP contribution in [0, 0.1) is 0 Å². The van der Waals surface area contributed by atoms with Gasteiger partial charge in [0.05, 0.1) is 25.9 Å². The number of para-hydroxylation sites is 1. The lowest BCUT2D eigenvalue weighted by molar-refractivity contribution is 0.355. The van der Waals surface area contributed by atoms with Crippen LogP contribution in [0.25, 0.3) is 22.4 Å². The lowest BCUT2D eigenvalue weighted by Crippen LogP contribution is -2.23. The molecule has 0 amide bonds. The molecule has 28 heavy (non-hydrogen) atoms. The molecule has 0 aliphatic heterocycles. The summed E-state index contributed by atoms with van der Waals surface area (Å²) in [7, 11) is 4.74. The summed E-state index contributed by atoms with van der Waals surface area (Å²) >= 11 is 1.28. The summed E-state index contributed by atoms with van der Waals surface area (Å²) in [4.78, 5) is 17.8. The average Bonchev–Trinajstić information content (AvgIpc) is 3.27. The highest BCUT2D eigenvalue weighted by atomic mass is 32.1. The minimum Gasteiger partial charge on any atom is -0.496 e. The smallest absolute Gasteiger partial charge is 0.291 e. The van der Waals surface area contributed by atoms with Gasteiger partial charge in [-0.2, -0.15) is 9.50 Å². The fourth-order valence-corrected chi connectivity index (χ4v) is 3.76. The van der Waals surface area contributed by atoms with Crippen LogP contribution in [0.15, 0.2) is 47.3 Å². The number of thiazole rings is 1. The molecule has 0 atom stereocenters. The third-order valence-corrected chi connectivity index (χ3v) is 5.21. The molecule has 0 unspecified atom stereocenters. The van der Waals surface area contributed by atoms with Crippen molar-refractivity contribution in [2.75, 3.05) is 21.3 Å². The largest absolute Gasteiger partial charge is 0.496 e. The molecule has 4 aromatic rings. The SMILES string of the molecule is COc1ccccc1/C=c1/sc2nc(-c3ccc(OC)c(OC)c3)nn2c1=O. The van der Waals surface area contributed by atoms with Gasteiger partial charge in [-0.3, -0.25) is 4.79 Å². The maximum Gasteiger partial charge on any atom is 0.291 e. The third-order valence-electron chi connectivity index (χ3n) is 4.25. The van der Waals surface area contributed by atoms with Gasteiger partial charge in [-0.05, 0) is 30.3 Å². The highest BCUT2D eigenvalue weighted by molar-refractivity contribution is 7.15. The monoisotopic (exact) mass is 395 g/mol.